The van der Waals surface area contributed by atoms with Crippen molar-refractivity contribution in [2.75, 3.05) is 6.61 Å². The highest BCUT2D eigenvalue weighted by atomic mass is 35.5. The van der Waals surface area contributed by atoms with Gasteiger partial charge in [0.05, 0.1) is 0 Å². The van der Waals surface area contributed by atoms with Crippen LogP contribution in [-0.2, 0) is 5.88 Å². The third-order valence-electron chi connectivity index (χ3n) is 4.87. The molecule has 7 heteroatoms. The van der Waals surface area contributed by atoms with Gasteiger partial charge in [0.2, 0.25) is 0 Å². The maximum absolute atomic E-state index is 12.5. The monoisotopic (exact) mass is 518 g/mol. The summed E-state index contributed by atoms with van der Waals surface area (Å²) in [6, 6.07) is 38.3. The normalized spacial score (nSPS) is 11.2. The van der Waals surface area contributed by atoms with E-state index < -0.39 is 26.9 Å². The van der Waals surface area contributed by atoms with E-state index in [4.69, 9.17) is 11.6 Å². The Morgan fingerprint density at radius 2 is 1.06 bits per heavy atom. The molecule has 0 radical (unpaired) electrons. The number of hydrogen-bond donors (Lipinski definition) is 0. The Balaban J connectivity index is 0.000000199. The molecule has 0 aliphatic heterocycles. The second kappa shape index (κ2) is 13.3. The minimum absolute atomic E-state index is 0.106. The van der Waals surface area contributed by atoms with Crippen molar-refractivity contribution in [3.05, 3.63) is 121 Å². The lowest BCUT2D eigenvalue weighted by Gasteiger charge is -2.18. The van der Waals surface area contributed by atoms with Crippen molar-refractivity contribution in [2.45, 2.75) is 18.2 Å². The van der Waals surface area contributed by atoms with Crippen LogP contribution in [0.15, 0.2) is 115 Å². The quantitative estimate of drug-likeness (QED) is 0.137. The second-order valence-electron chi connectivity index (χ2n) is 7.47. The van der Waals surface area contributed by atoms with Gasteiger partial charge in [-0.3, -0.25) is 0 Å². The van der Waals surface area contributed by atoms with E-state index in [0.29, 0.717) is 0 Å². The van der Waals surface area contributed by atoms with Crippen molar-refractivity contribution < 1.29 is 22.3 Å². The highest BCUT2D eigenvalue weighted by Gasteiger charge is 2.41. The SMILES string of the molecule is FC(F)C(F)(F)COc1ccc(CCl)cc1.c1ccc(P(c2ccccc2)c2ccccc2)cc1. The van der Waals surface area contributed by atoms with Gasteiger partial charge in [0.25, 0.3) is 0 Å². The molecule has 0 aliphatic rings. The first-order chi connectivity index (χ1) is 16.9. The van der Waals surface area contributed by atoms with Crippen molar-refractivity contribution in [1.29, 1.82) is 0 Å². The molecule has 182 valence electrons. The molecule has 0 aromatic heterocycles. The predicted octanol–water partition coefficient (Wildman–Crippen LogP) is 7.15. The zero-order valence-corrected chi connectivity index (χ0v) is 20.4. The molecule has 0 atom stereocenters. The van der Waals surface area contributed by atoms with Crippen LogP contribution in [0.2, 0.25) is 0 Å². The van der Waals surface area contributed by atoms with Gasteiger partial charge in [0.15, 0.2) is 6.61 Å². The summed E-state index contributed by atoms with van der Waals surface area (Å²) in [5, 5.41) is 4.19. The summed E-state index contributed by atoms with van der Waals surface area (Å²) in [4.78, 5) is 0. The molecule has 0 spiro atoms. The molecule has 0 amide bonds. The van der Waals surface area contributed by atoms with Gasteiger partial charge in [-0.05, 0) is 41.5 Å². The molecule has 0 heterocycles. The van der Waals surface area contributed by atoms with Crippen molar-refractivity contribution in [2.24, 2.45) is 0 Å². The van der Waals surface area contributed by atoms with Gasteiger partial charge < -0.3 is 4.74 Å². The molecule has 4 aromatic rings. The van der Waals surface area contributed by atoms with E-state index in [1.54, 1.807) is 12.1 Å². The van der Waals surface area contributed by atoms with E-state index in [9.17, 15) is 17.6 Å². The first-order valence-electron chi connectivity index (χ1n) is 10.8. The van der Waals surface area contributed by atoms with Crippen molar-refractivity contribution in [3.63, 3.8) is 0 Å². The lowest BCUT2D eigenvalue weighted by Crippen LogP contribution is -2.33. The highest BCUT2D eigenvalue weighted by molar-refractivity contribution is 7.79. The average molecular weight is 519 g/mol. The van der Waals surface area contributed by atoms with E-state index >= 15 is 0 Å². The zero-order chi connectivity index (χ0) is 25.1. The lowest BCUT2D eigenvalue weighted by molar-refractivity contribution is -0.148. The molecule has 4 aromatic carbocycles. The first kappa shape index (κ1) is 26.7. The summed E-state index contributed by atoms with van der Waals surface area (Å²) < 4.78 is 53.1. The van der Waals surface area contributed by atoms with E-state index in [-0.39, 0.29) is 11.6 Å². The van der Waals surface area contributed by atoms with Crippen molar-refractivity contribution in [1.82, 2.24) is 0 Å². The Kier molecular flexibility index (Phi) is 10.1. The molecular weight excluding hydrogens is 495 g/mol. The molecule has 1 nitrogen and oxygen atoms in total. The van der Waals surface area contributed by atoms with E-state index in [1.165, 1.54) is 28.0 Å². The van der Waals surface area contributed by atoms with Crippen LogP contribution in [0.4, 0.5) is 17.6 Å². The molecule has 4 rings (SSSR count). The molecule has 0 bridgehead atoms. The predicted molar refractivity (Wildman–Crippen MR) is 138 cm³/mol. The number of benzene rings is 4. The summed E-state index contributed by atoms with van der Waals surface area (Å²) in [6.07, 6.45) is -3.73. The minimum atomic E-state index is -4.13. The second-order valence-corrected chi connectivity index (χ2v) is 9.96. The Morgan fingerprint density at radius 3 is 1.40 bits per heavy atom. The molecule has 0 saturated heterocycles. The molecule has 0 aliphatic carbocycles. The van der Waals surface area contributed by atoms with Crippen LogP contribution < -0.4 is 20.7 Å². The topological polar surface area (TPSA) is 9.23 Å². The number of rotatable bonds is 8. The lowest BCUT2D eigenvalue weighted by atomic mass is 10.2. The number of hydrogen-bond acceptors (Lipinski definition) is 1. The average Bonchev–Trinajstić information content (AvgIpc) is 2.90. The molecule has 0 N–H and O–H groups in total. The summed E-state index contributed by atoms with van der Waals surface area (Å²) in [5.41, 5.74) is 0.787. The van der Waals surface area contributed by atoms with Gasteiger partial charge in [-0.2, -0.15) is 8.78 Å². The molecule has 35 heavy (non-hydrogen) atoms. The third-order valence-corrected chi connectivity index (χ3v) is 7.62. The third kappa shape index (κ3) is 8.09. The van der Waals surface area contributed by atoms with Crippen molar-refractivity contribution >= 4 is 35.4 Å². The molecule has 0 fully saturated rings. The van der Waals surface area contributed by atoms with Gasteiger partial charge in [0, 0.05) is 5.88 Å². The highest BCUT2D eigenvalue weighted by Crippen LogP contribution is 2.32. The number of alkyl halides is 5. The van der Waals surface area contributed by atoms with Crippen LogP contribution >= 0.6 is 19.5 Å². The van der Waals surface area contributed by atoms with E-state index in [0.717, 1.165) is 5.56 Å². The van der Waals surface area contributed by atoms with E-state index in [2.05, 4.69) is 95.7 Å². The van der Waals surface area contributed by atoms with Crippen LogP contribution in [-0.4, -0.2) is 19.0 Å². The fraction of sp³-hybridized carbons (Fsp3) is 0.143. The standard InChI is InChI=1S/C18H15P.C10H9ClF4O/c1-4-10-16(11-5-1)19(17-12-6-2-7-13-17)18-14-8-3-9-15-18;11-5-7-1-3-8(4-2-7)16-6-10(14,15)9(12)13/h1-15H;1-4,9H,5-6H2. The van der Waals surface area contributed by atoms with Crippen molar-refractivity contribution in [3.8, 4) is 5.75 Å². The summed E-state index contributed by atoms with van der Waals surface area (Å²) >= 11 is 5.51. The maximum Gasteiger partial charge on any atom is 0.340 e. The Morgan fingerprint density at radius 1 is 0.657 bits per heavy atom. The first-order valence-corrected chi connectivity index (χ1v) is 12.7. The van der Waals surface area contributed by atoms with Gasteiger partial charge in [-0.25, -0.2) is 8.78 Å². The fourth-order valence-corrected chi connectivity index (χ4v) is 5.58. The smallest absolute Gasteiger partial charge is 0.340 e. The van der Waals surface area contributed by atoms with Gasteiger partial charge in [-0.1, -0.05) is 103 Å². The van der Waals surface area contributed by atoms with Gasteiger partial charge >= 0.3 is 12.3 Å². The number of halogens is 5. The summed E-state index contributed by atoms with van der Waals surface area (Å²) in [5.74, 6) is -3.74. The van der Waals surface area contributed by atoms with Crippen LogP contribution in [0.5, 0.6) is 5.75 Å². The molecule has 0 unspecified atom stereocenters. The summed E-state index contributed by atoms with van der Waals surface area (Å²) in [6.45, 7) is -1.34. The Bertz CT molecular complexity index is 1030. The minimum Gasteiger partial charge on any atom is -0.487 e. The Labute approximate surface area is 209 Å². The van der Waals surface area contributed by atoms with Crippen LogP contribution in [0.3, 0.4) is 0 Å². The van der Waals surface area contributed by atoms with Crippen LogP contribution in [0, 0.1) is 0 Å². The molecule has 0 saturated carbocycles. The Hall–Kier alpha value is -2.88. The molecular formula is C28H24ClF4OP. The number of ether oxygens (including phenoxy) is 1. The van der Waals surface area contributed by atoms with Gasteiger partial charge in [0.1, 0.15) is 5.75 Å². The zero-order valence-electron chi connectivity index (χ0n) is 18.7. The maximum atomic E-state index is 12.5. The van der Waals surface area contributed by atoms with E-state index in [1.807, 2.05) is 0 Å². The fourth-order valence-electron chi connectivity index (χ4n) is 3.10. The van der Waals surface area contributed by atoms with Crippen LogP contribution in [0.25, 0.3) is 0 Å². The van der Waals surface area contributed by atoms with Crippen LogP contribution in [0.1, 0.15) is 5.56 Å². The largest absolute Gasteiger partial charge is 0.487 e. The summed E-state index contributed by atoms with van der Waals surface area (Å²) in [7, 11) is -0.446. The van der Waals surface area contributed by atoms with Gasteiger partial charge in [-0.15, -0.1) is 11.6 Å².